The summed E-state index contributed by atoms with van der Waals surface area (Å²) >= 11 is 0. The minimum atomic E-state index is 0.0557. The SMILES string of the molecule is CC1CCCCCN1C(=O)c1cn(CCN)cn1. The van der Waals surface area contributed by atoms with Crippen LogP contribution in [0.15, 0.2) is 12.5 Å². The number of likely N-dealkylation sites (tertiary alicyclic amines) is 1. The van der Waals surface area contributed by atoms with E-state index >= 15 is 0 Å². The quantitative estimate of drug-likeness (QED) is 0.878. The summed E-state index contributed by atoms with van der Waals surface area (Å²) in [6.07, 6.45) is 8.10. The molecule has 100 valence electrons. The molecule has 2 rings (SSSR count). The van der Waals surface area contributed by atoms with Crippen molar-refractivity contribution in [3.63, 3.8) is 0 Å². The Hall–Kier alpha value is -1.36. The maximum absolute atomic E-state index is 12.4. The van der Waals surface area contributed by atoms with E-state index in [1.54, 1.807) is 12.5 Å². The van der Waals surface area contributed by atoms with Gasteiger partial charge in [0.2, 0.25) is 0 Å². The lowest BCUT2D eigenvalue weighted by Crippen LogP contribution is -2.38. The van der Waals surface area contributed by atoms with E-state index in [2.05, 4.69) is 11.9 Å². The molecule has 2 heterocycles. The standard InChI is InChI=1S/C13H22N4O/c1-11-5-3-2-4-7-17(11)13(18)12-9-16(8-6-14)10-15-12/h9-11H,2-8,14H2,1H3. The summed E-state index contributed by atoms with van der Waals surface area (Å²) < 4.78 is 1.87. The van der Waals surface area contributed by atoms with Gasteiger partial charge < -0.3 is 15.2 Å². The van der Waals surface area contributed by atoms with Crippen LogP contribution in [0.5, 0.6) is 0 Å². The summed E-state index contributed by atoms with van der Waals surface area (Å²) in [6, 6.07) is 0.319. The second-order valence-electron chi connectivity index (χ2n) is 4.98. The summed E-state index contributed by atoms with van der Waals surface area (Å²) in [6.45, 7) is 4.24. The van der Waals surface area contributed by atoms with E-state index < -0.39 is 0 Å². The molecule has 0 aliphatic carbocycles. The van der Waals surface area contributed by atoms with E-state index in [1.165, 1.54) is 12.8 Å². The first-order valence-corrected chi connectivity index (χ1v) is 6.75. The molecule has 0 radical (unpaired) electrons. The normalized spacial score (nSPS) is 20.8. The molecule has 1 amide bonds. The third-order valence-electron chi connectivity index (χ3n) is 3.55. The van der Waals surface area contributed by atoms with Crippen LogP contribution in [0.25, 0.3) is 0 Å². The van der Waals surface area contributed by atoms with Crippen LogP contribution in [0.2, 0.25) is 0 Å². The number of imidazole rings is 1. The smallest absolute Gasteiger partial charge is 0.274 e. The highest BCUT2D eigenvalue weighted by atomic mass is 16.2. The molecule has 0 aromatic carbocycles. The molecule has 1 aliphatic heterocycles. The predicted molar refractivity (Wildman–Crippen MR) is 70.2 cm³/mol. The minimum Gasteiger partial charge on any atom is -0.335 e. The largest absolute Gasteiger partial charge is 0.335 e. The third-order valence-corrected chi connectivity index (χ3v) is 3.55. The number of amides is 1. The number of nitrogens with two attached hydrogens (primary N) is 1. The molecule has 2 N–H and O–H groups in total. The number of hydrogen-bond donors (Lipinski definition) is 1. The van der Waals surface area contributed by atoms with Gasteiger partial charge in [-0.2, -0.15) is 0 Å². The highest BCUT2D eigenvalue weighted by molar-refractivity contribution is 5.92. The molecule has 1 fully saturated rings. The summed E-state index contributed by atoms with van der Waals surface area (Å²) in [5.41, 5.74) is 6.03. The van der Waals surface area contributed by atoms with Gasteiger partial charge in [0.1, 0.15) is 5.69 Å². The van der Waals surface area contributed by atoms with Crippen molar-refractivity contribution in [2.24, 2.45) is 5.73 Å². The van der Waals surface area contributed by atoms with Crippen LogP contribution in [0.3, 0.4) is 0 Å². The van der Waals surface area contributed by atoms with Crippen LogP contribution in [-0.2, 0) is 6.54 Å². The Morgan fingerprint density at radius 1 is 1.50 bits per heavy atom. The fourth-order valence-corrected chi connectivity index (χ4v) is 2.47. The van der Waals surface area contributed by atoms with Crippen LogP contribution in [-0.4, -0.2) is 39.5 Å². The van der Waals surface area contributed by atoms with E-state index in [0.717, 1.165) is 19.4 Å². The van der Waals surface area contributed by atoms with Crippen molar-refractivity contribution >= 4 is 5.91 Å². The number of aromatic nitrogens is 2. The van der Waals surface area contributed by atoms with Crippen molar-refractivity contribution in [2.75, 3.05) is 13.1 Å². The van der Waals surface area contributed by atoms with Gasteiger partial charge in [-0.3, -0.25) is 4.79 Å². The lowest BCUT2D eigenvalue weighted by Gasteiger charge is -2.26. The van der Waals surface area contributed by atoms with Crippen LogP contribution in [0.1, 0.15) is 43.1 Å². The third kappa shape index (κ3) is 2.90. The number of carbonyl (C=O) groups excluding carboxylic acids is 1. The van der Waals surface area contributed by atoms with E-state index in [1.807, 2.05) is 9.47 Å². The molecule has 0 spiro atoms. The van der Waals surface area contributed by atoms with Crippen LogP contribution < -0.4 is 5.73 Å². The predicted octanol–water partition coefficient (Wildman–Crippen LogP) is 1.25. The van der Waals surface area contributed by atoms with Gasteiger partial charge in [0.25, 0.3) is 5.91 Å². The van der Waals surface area contributed by atoms with E-state index in [-0.39, 0.29) is 5.91 Å². The maximum Gasteiger partial charge on any atom is 0.274 e. The molecular formula is C13H22N4O. The second-order valence-corrected chi connectivity index (χ2v) is 4.98. The summed E-state index contributed by atoms with van der Waals surface area (Å²) in [5, 5.41) is 0. The molecular weight excluding hydrogens is 228 g/mol. The van der Waals surface area contributed by atoms with Gasteiger partial charge in [0.15, 0.2) is 0 Å². The number of nitrogens with zero attached hydrogens (tertiary/aromatic N) is 3. The first-order chi connectivity index (χ1) is 8.72. The monoisotopic (exact) mass is 250 g/mol. The van der Waals surface area contributed by atoms with Gasteiger partial charge in [-0.15, -0.1) is 0 Å². The number of hydrogen-bond acceptors (Lipinski definition) is 3. The topological polar surface area (TPSA) is 64.2 Å². The maximum atomic E-state index is 12.4. The fraction of sp³-hybridized carbons (Fsp3) is 0.692. The zero-order valence-electron chi connectivity index (χ0n) is 11.0. The first kappa shape index (κ1) is 13.1. The first-order valence-electron chi connectivity index (χ1n) is 6.75. The lowest BCUT2D eigenvalue weighted by atomic mass is 10.1. The highest BCUT2D eigenvalue weighted by Gasteiger charge is 2.24. The van der Waals surface area contributed by atoms with Crippen molar-refractivity contribution in [3.05, 3.63) is 18.2 Å². The Bertz CT molecular complexity index is 401. The molecule has 1 unspecified atom stereocenters. The van der Waals surface area contributed by atoms with Gasteiger partial charge in [-0.25, -0.2) is 4.98 Å². The highest BCUT2D eigenvalue weighted by Crippen LogP contribution is 2.18. The van der Waals surface area contributed by atoms with Crippen LogP contribution in [0.4, 0.5) is 0 Å². The summed E-state index contributed by atoms with van der Waals surface area (Å²) in [7, 11) is 0. The Labute approximate surface area is 108 Å². The van der Waals surface area contributed by atoms with Gasteiger partial charge in [-0.1, -0.05) is 12.8 Å². The average Bonchev–Trinajstić information content (AvgIpc) is 2.71. The zero-order valence-corrected chi connectivity index (χ0v) is 11.0. The molecule has 1 aliphatic rings. The molecule has 1 atom stereocenters. The van der Waals surface area contributed by atoms with E-state index in [0.29, 0.717) is 24.8 Å². The molecule has 5 heteroatoms. The van der Waals surface area contributed by atoms with Gasteiger partial charge in [-0.05, 0) is 19.8 Å². The molecule has 18 heavy (non-hydrogen) atoms. The van der Waals surface area contributed by atoms with Crippen molar-refractivity contribution in [1.82, 2.24) is 14.5 Å². The average molecular weight is 250 g/mol. The lowest BCUT2D eigenvalue weighted by molar-refractivity contribution is 0.0692. The molecule has 5 nitrogen and oxygen atoms in total. The zero-order chi connectivity index (χ0) is 13.0. The van der Waals surface area contributed by atoms with Gasteiger partial charge in [0.05, 0.1) is 6.33 Å². The summed E-state index contributed by atoms with van der Waals surface area (Å²) in [5.74, 6) is 0.0557. The van der Waals surface area contributed by atoms with Crippen molar-refractivity contribution in [3.8, 4) is 0 Å². The van der Waals surface area contributed by atoms with Crippen molar-refractivity contribution < 1.29 is 4.79 Å². The second kappa shape index (κ2) is 6.00. The van der Waals surface area contributed by atoms with Gasteiger partial charge in [0, 0.05) is 31.9 Å². The Morgan fingerprint density at radius 2 is 2.33 bits per heavy atom. The van der Waals surface area contributed by atoms with Crippen LogP contribution in [0, 0.1) is 0 Å². The van der Waals surface area contributed by atoms with E-state index in [9.17, 15) is 4.79 Å². The van der Waals surface area contributed by atoms with Gasteiger partial charge >= 0.3 is 0 Å². The van der Waals surface area contributed by atoms with Crippen LogP contribution >= 0.6 is 0 Å². The molecule has 0 bridgehead atoms. The molecule has 1 saturated heterocycles. The molecule has 1 aromatic rings. The fourth-order valence-electron chi connectivity index (χ4n) is 2.47. The number of carbonyl (C=O) groups is 1. The Balaban J connectivity index is 2.08. The molecule has 0 saturated carbocycles. The Morgan fingerprint density at radius 3 is 3.11 bits per heavy atom. The van der Waals surface area contributed by atoms with Crippen molar-refractivity contribution in [2.45, 2.75) is 45.2 Å². The minimum absolute atomic E-state index is 0.0557. The van der Waals surface area contributed by atoms with Crippen molar-refractivity contribution in [1.29, 1.82) is 0 Å². The molecule has 1 aromatic heterocycles. The summed E-state index contributed by atoms with van der Waals surface area (Å²) in [4.78, 5) is 18.6. The number of rotatable bonds is 3. The van der Waals surface area contributed by atoms with E-state index in [4.69, 9.17) is 5.73 Å². The Kier molecular flexibility index (Phi) is 4.36.